The lowest BCUT2D eigenvalue weighted by Gasteiger charge is -2.40. The van der Waals surface area contributed by atoms with E-state index in [-0.39, 0.29) is 67.9 Å². The maximum Gasteiger partial charge on any atom is 0.347 e. The Morgan fingerprint density at radius 2 is 1.04 bits per heavy atom. The second-order valence-corrected chi connectivity index (χ2v) is 19.3. The van der Waals surface area contributed by atoms with E-state index in [4.69, 9.17) is 33.2 Å². The zero-order valence-electron chi connectivity index (χ0n) is 42.5. The minimum Gasteiger partial charge on any atom is -0.493 e. The zero-order chi connectivity index (χ0) is 52.3. The molecule has 3 aromatic rings. The molecule has 2 fully saturated rings. The summed E-state index contributed by atoms with van der Waals surface area (Å²) in [6, 6.07) is 4.14. The zero-order valence-corrected chi connectivity index (χ0v) is 42.5. The van der Waals surface area contributed by atoms with Crippen LogP contribution in [0.15, 0.2) is 18.2 Å². The number of aliphatic hydroxyl groups excluding tert-OH is 1. The summed E-state index contributed by atoms with van der Waals surface area (Å²) in [6.45, 7) is 9.33. The molecule has 0 radical (unpaired) electrons. The Labute approximate surface area is 419 Å². The van der Waals surface area contributed by atoms with Gasteiger partial charge < -0.3 is 38.3 Å². The number of rotatable bonds is 30. The monoisotopic (exact) mass is 1030 g/mol. The SMILES string of the molecule is CCCCCCCC1OC(CC)CC(CC2CC(CC(C)O)OC(CCCCCCCCCCOc3cc(C)ccc3C(=O)Oc3c(F)c(F)c(-c4c(F)c(F)c(OCCCC)c(F)c4F)c(F)c3F)O2)O1. The Morgan fingerprint density at radius 1 is 0.583 bits per heavy atom. The maximum absolute atomic E-state index is 15.3. The molecule has 2 heterocycles. The molecule has 0 amide bonds. The van der Waals surface area contributed by atoms with Crippen molar-refractivity contribution in [1.29, 1.82) is 0 Å². The summed E-state index contributed by atoms with van der Waals surface area (Å²) in [5.74, 6) is -23.8. The van der Waals surface area contributed by atoms with Gasteiger partial charge in [-0.05, 0) is 82.9 Å². The van der Waals surface area contributed by atoms with E-state index in [2.05, 4.69) is 13.8 Å². The number of carbonyl (C=O) groups excluding carboxylic acids is 1. The molecule has 7 unspecified atom stereocenters. The molecule has 0 saturated carbocycles. The molecule has 1 N–H and O–H groups in total. The molecule has 0 aromatic heterocycles. The van der Waals surface area contributed by atoms with Crippen molar-refractivity contribution < 1.29 is 78.2 Å². The van der Waals surface area contributed by atoms with Crippen LogP contribution in [0.2, 0.25) is 0 Å². The van der Waals surface area contributed by atoms with Gasteiger partial charge in [-0.25, -0.2) is 22.4 Å². The second kappa shape index (κ2) is 29.8. The largest absolute Gasteiger partial charge is 0.493 e. The van der Waals surface area contributed by atoms with E-state index in [0.717, 1.165) is 83.5 Å². The predicted octanol–water partition coefficient (Wildman–Crippen LogP) is 15.0. The molecular formula is C55H74F8O9. The summed E-state index contributed by atoms with van der Waals surface area (Å²) in [4.78, 5) is 13.2. The molecule has 3 aromatic carbocycles. The third kappa shape index (κ3) is 16.7. The van der Waals surface area contributed by atoms with Crippen molar-refractivity contribution in [2.75, 3.05) is 13.2 Å². The minimum atomic E-state index is -2.48. The number of benzene rings is 3. The first-order chi connectivity index (χ1) is 34.6. The van der Waals surface area contributed by atoms with Crippen LogP contribution in [0.25, 0.3) is 11.1 Å². The fourth-order valence-corrected chi connectivity index (χ4v) is 9.23. The standard InChI is InChI=1S/C55H74F8O9/c1-6-9-11-16-19-22-41-68-35(8-3)30-37(70-41)32-38-31-36(29-34(5)64)69-42(71-38)23-20-17-14-12-13-15-18-21-27-66-40-28-33(4)24-25-39(40)55(65)72-54-51(62)47(58)44(48(59)52(54)63)43-45(56)49(60)53(50(61)46(43)57)67-26-10-7-2/h24-25,28,34-38,41-42,64H,6-23,26-27,29-32H2,1-5H3. The van der Waals surface area contributed by atoms with E-state index in [0.29, 0.717) is 31.2 Å². The molecule has 0 aliphatic carbocycles. The molecule has 0 bridgehead atoms. The van der Waals surface area contributed by atoms with Gasteiger partial charge in [-0.1, -0.05) is 97.5 Å². The van der Waals surface area contributed by atoms with Gasteiger partial charge in [-0.15, -0.1) is 0 Å². The van der Waals surface area contributed by atoms with E-state index < -0.39 is 81.2 Å². The number of unbranched alkanes of at least 4 members (excludes halogenated alkanes) is 12. The maximum atomic E-state index is 15.3. The number of hydrogen-bond donors (Lipinski definition) is 1. The van der Waals surface area contributed by atoms with Crippen LogP contribution >= 0.6 is 0 Å². The highest BCUT2D eigenvalue weighted by molar-refractivity contribution is 5.94. The van der Waals surface area contributed by atoms with Gasteiger partial charge in [0.05, 0.1) is 54.9 Å². The summed E-state index contributed by atoms with van der Waals surface area (Å²) in [6.07, 6.45) is 18.5. The minimum absolute atomic E-state index is 0.0258. The Kier molecular flexibility index (Phi) is 24.3. The highest BCUT2D eigenvalue weighted by Crippen LogP contribution is 2.42. The number of aliphatic hydroxyl groups is 1. The summed E-state index contributed by atoms with van der Waals surface area (Å²) in [7, 11) is 0. The van der Waals surface area contributed by atoms with Gasteiger partial charge >= 0.3 is 5.97 Å². The van der Waals surface area contributed by atoms with Crippen molar-refractivity contribution in [2.45, 2.75) is 219 Å². The van der Waals surface area contributed by atoms with Gasteiger partial charge in [-0.3, -0.25) is 0 Å². The molecule has 0 spiro atoms. The lowest BCUT2D eigenvalue weighted by molar-refractivity contribution is -0.275. The molecule has 5 rings (SSSR count). The van der Waals surface area contributed by atoms with E-state index >= 15 is 26.3 Å². The molecule has 2 saturated heterocycles. The quantitative estimate of drug-likeness (QED) is 0.0230. The van der Waals surface area contributed by atoms with Crippen LogP contribution in [0.3, 0.4) is 0 Å². The van der Waals surface area contributed by atoms with E-state index in [1.54, 1.807) is 20.8 Å². The van der Waals surface area contributed by atoms with Gasteiger partial charge in [0.2, 0.25) is 29.0 Å². The summed E-state index contributed by atoms with van der Waals surface area (Å²) in [5.41, 5.74) is -3.89. The van der Waals surface area contributed by atoms with Crippen LogP contribution in [0, 0.1) is 53.5 Å². The Bertz CT molecular complexity index is 2120. The van der Waals surface area contributed by atoms with Crippen LogP contribution in [0.5, 0.6) is 17.2 Å². The molecule has 17 heteroatoms. The third-order valence-electron chi connectivity index (χ3n) is 13.1. The number of esters is 1. The summed E-state index contributed by atoms with van der Waals surface area (Å²) < 4.78 is 162. The lowest BCUT2D eigenvalue weighted by Crippen LogP contribution is -2.44. The molecule has 404 valence electrons. The highest BCUT2D eigenvalue weighted by Gasteiger charge is 2.38. The Morgan fingerprint density at radius 3 is 1.57 bits per heavy atom. The van der Waals surface area contributed by atoms with Gasteiger partial charge in [0, 0.05) is 19.3 Å². The molecule has 9 nitrogen and oxygen atoms in total. The van der Waals surface area contributed by atoms with E-state index in [1.165, 1.54) is 43.9 Å². The first kappa shape index (κ1) is 58.9. The molecule has 2 aliphatic rings. The lowest BCUT2D eigenvalue weighted by atomic mass is 9.96. The van der Waals surface area contributed by atoms with Crippen molar-refractivity contribution in [2.24, 2.45) is 0 Å². The fourth-order valence-electron chi connectivity index (χ4n) is 9.23. The second-order valence-electron chi connectivity index (χ2n) is 19.3. The molecule has 7 atom stereocenters. The van der Waals surface area contributed by atoms with Gasteiger partial charge in [0.1, 0.15) is 11.3 Å². The number of hydrogen-bond acceptors (Lipinski definition) is 9. The average molecular weight is 1030 g/mol. The Hall–Kier alpha value is -4.03. The van der Waals surface area contributed by atoms with Gasteiger partial charge in [-0.2, -0.15) is 17.6 Å². The van der Waals surface area contributed by atoms with Gasteiger partial charge in [0.15, 0.2) is 41.6 Å². The fraction of sp³-hybridized carbons (Fsp3) is 0.655. The first-order valence-electron chi connectivity index (χ1n) is 26.2. The summed E-state index contributed by atoms with van der Waals surface area (Å²) >= 11 is 0. The van der Waals surface area contributed by atoms with Crippen molar-refractivity contribution in [1.82, 2.24) is 0 Å². The number of aryl methyl sites for hydroxylation is 1. The summed E-state index contributed by atoms with van der Waals surface area (Å²) in [5, 5.41) is 10.2. The van der Waals surface area contributed by atoms with Crippen molar-refractivity contribution in [3.8, 4) is 28.4 Å². The van der Waals surface area contributed by atoms with Crippen LogP contribution in [0.4, 0.5) is 35.1 Å². The third-order valence-corrected chi connectivity index (χ3v) is 13.1. The van der Waals surface area contributed by atoms with E-state index in [9.17, 15) is 18.7 Å². The Balaban J connectivity index is 1.06. The van der Waals surface area contributed by atoms with Crippen LogP contribution in [-0.2, 0) is 18.9 Å². The van der Waals surface area contributed by atoms with Crippen LogP contribution in [0.1, 0.15) is 185 Å². The van der Waals surface area contributed by atoms with Crippen LogP contribution < -0.4 is 14.2 Å². The van der Waals surface area contributed by atoms with Crippen LogP contribution in [-0.4, -0.2) is 67.4 Å². The normalized spacial score (nSPS) is 20.7. The van der Waals surface area contributed by atoms with Crippen molar-refractivity contribution in [3.05, 3.63) is 75.9 Å². The van der Waals surface area contributed by atoms with E-state index in [1.807, 2.05) is 0 Å². The number of ether oxygens (including phenoxy) is 7. The van der Waals surface area contributed by atoms with Crippen molar-refractivity contribution >= 4 is 5.97 Å². The van der Waals surface area contributed by atoms with Crippen molar-refractivity contribution in [3.63, 3.8) is 0 Å². The first-order valence-corrected chi connectivity index (χ1v) is 26.2. The smallest absolute Gasteiger partial charge is 0.347 e. The molecule has 72 heavy (non-hydrogen) atoms. The van der Waals surface area contributed by atoms with Gasteiger partial charge in [0.25, 0.3) is 0 Å². The average Bonchev–Trinajstić information content (AvgIpc) is 3.35. The molecule has 2 aliphatic heterocycles. The highest BCUT2D eigenvalue weighted by atomic mass is 19.2. The number of carbonyl (C=O) groups is 1. The molecular weight excluding hydrogens is 957 g/mol. The topological polar surface area (TPSA) is 102 Å². The number of halogens is 8. The predicted molar refractivity (Wildman–Crippen MR) is 256 cm³/mol.